The predicted octanol–water partition coefficient (Wildman–Crippen LogP) is 4.02. The third-order valence-electron chi connectivity index (χ3n) is 4.28. The van der Waals surface area contributed by atoms with E-state index in [9.17, 15) is 27.6 Å². The largest absolute Gasteiger partial charge is 0.420 e. The molecule has 1 aromatic heterocycles. The molecule has 0 aliphatic rings. The van der Waals surface area contributed by atoms with Crippen molar-refractivity contribution in [2.24, 2.45) is 0 Å². The molecule has 3 aromatic rings. The fourth-order valence-electron chi connectivity index (χ4n) is 2.82. The number of para-hydroxylation sites is 1. The Morgan fingerprint density at radius 3 is 2.46 bits per heavy atom. The summed E-state index contributed by atoms with van der Waals surface area (Å²) in [6, 6.07) is 7.69. The first-order valence-corrected chi connectivity index (χ1v) is 8.22. The number of amides is 1. The first-order chi connectivity index (χ1) is 13.1. The second-order valence-corrected chi connectivity index (χ2v) is 6.19. The molecular weight excluding hydrogens is 377 g/mol. The van der Waals surface area contributed by atoms with E-state index in [1.54, 1.807) is 0 Å². The first-order valence-electron chi connectivity index (χ1n) is 8.22. The van der Waals surface area contributed by atoms with Crippen LogP contribution in [0, 0.1) is 0 Å². The van der Waals surface area contributed by atoms with E-state index in [4.69, 9.17) is 4.42 Å². The highest BCUT2D eigenvalue weighted by molar-refractivity contribution is 5.98. The molecule has 0 saturated carbocycles. The standard InChI is InChI=1S/C19H15F3N2O4/c1-10(17(26)23-14-6-4-3-5-13(14)19(20,21)22)24-15-8-7-12(11(2)25)9-16(15)28-18(24)27/h3-10H,1-2H3,(H,23,26). The van der Waals surface area contributed by atoms with Gasteiger partial charge in [-0.1, -0.05) is 12.1 Å². The third-order valence-corrected chi connectivity index (χ3v) is 4.28. The number of aromatic nitrogens is 1. The number of halogens is 3. The maximum atomic E-state index is 13.1. The van der Waals surface area contributed by atoms with Crippen molar-refractivity contribution in [1.29, 1.82) is 0 Å². The van der Waals surface area contributed by atoms with Crippen LogP contribution < -0.4 is 11.1 Å². The van der Waals surface area contributed by atoms with Crippen LogP contribution in [0.3, 0.4) is 0 Å². The zero-order chi connectivity index (χ0) is 20.6. The number of nitrogens with one attached hydrogen (secondary N) is 1. The Labute approximate surface area is 156 Å². The summed E-state index contributed by atoms with van der Waals surface area (Å²) in [6.45, 7) is 2.71. The molecule has 0 aliphatic carbocycles. The van der Waals surface area contributed by atoms with Crippen LogP contribution in [0.2, 0.25) is 0 Å². The molecule has 0 bridgehead atoms. The third kappa shape index (κ3) is 3.55. The molecule has 0 saturated heterocycles. The molecule has 146 valence electrons. The number of fused-ring (bicyclic) bond motifs is 1. The monoisotopic (exact) mass is 392 g/mol. The molecule has 9 heteroatoms. The van der Waals surface area contributed by atoms with E-state index < -0.39 is 35.1 Å². The fraction of sp³-hybridized carbons (Fsp3) is 0.211. The van der Waals surface area contributed by atoms with Crippen LogP contribution >= 0.6 is 0 Å². The number of oxazole rings is 1. The number of anilines is 1. The molecule has 1 unspecified atom stereocenters. The van der Waals surface area contributed by atoms with Crippen molar-refractivity contribution in [3.63, 3.8) is 0 Å². The van der Waals surface area contributed by atoms with Crippen molar-refractivity contribution in [3.8, 4) is 0 Å². The number of Topliss-reactive ketones (excluding diaryl/α,β-unsaturated/α-hetero) is 1. The lowest BCUT2D eigenvalue weighted by atomic mass is 10.1. The number of alkyl halides is 3. The maximum Gasteiger partial charge on any atom is 0.420 e. The van der Waals surface area contributed by atoms with Crippen LogP contribution in [0.1, 0.15) is 35.8 Å². The van der Waals surface area contributed by atoms with Crippen LogP contribution in [-0.2, 0) is 11.0 Å². The average Bonchev–Trinajstić information content (AvgIpc) is 2.95. The highest BCUT2D eigenvalue weighted by Gasteiger charge is 2.34. The summed E-state index contributed by atoms with van der Waals surface area (Å²) in [7, 11) is 0. The average molecular weight is 392 g/mol. The number of hydrogen-bond acceptors (Lipinski definition) is 4. The predicted molar refractivity (Wildman–Crippen MR) is 95.3 cm³/mol. The maximum absolute atomic E-state index is 13.1. The lowest BCUT2D eigenvalue weighted by Crippen LogP contribution is -2.30. The summed E-state index contributed by atoms with van der Waals surface area (Å²) in [5.74, 6) is -1.91. The Bertz CT molecular complexity index is 1130. The molecule has 1 heterocycles. The minimum atomic E-state index is -4.64. The highest BCUT2D eigenvalue weighted by atomic mass is 19.4. The number of nitrogens with zero attached hydrogens (tertiary/aromatic N) is 1. The van der Waals surface area contributed by atoms with Crippen molar-refractivity contribution < 1.29 is 27.2 Å². The number of hydrogen-bond donors (Lipinski definition) is 1. The van der Waals surface area contributed by atoms with Gasteiger partial charge in [-0.05, 0) is 44.2 Å². The van der Waals surface area contributed by atoms with E-state index in [0.717, 1.165) is 16.7 Å². The lowest BCUT2D eigenvalue weighted by molar-refractivity contribution is -0.137. The second-order valence-electron chi connectivity index (χ2n) is 6.19. The van der Waals surface area contributed by atoms with Gasteiger partial charge in [0.2, 0.25) is 5.91 Å². The molecule has 0 fully saturated rings. The zero-order valence-electron chi connectivity index (χ0n) is 14.8. The topological polar surface area (TPSA) is 81.3 Å². The van der Waals surface area contributed by atoms with Crippen molar-refractivity contribution in [3.05, 3.63) is 64.1 Å². The summed E-state index contributed by atoms with van der Waals surface area (Å²) < 4.78 is 45.4. The summed E-state index contributed by atoms with van der Waals surface area (Å²) >= 11 is 0. The minimum absolute atomic E-state index is 0.105. The highest BCUT2D eigenvalue weighted by Crippen LogP contribution is 2.34. The second kappa shape index (κ2) is 6.99. The Balaban J connectivity index is 1.96. The quantitative estimate of drug-likeness (QED) is 0.680. The molecule has 28 heavy (non-hydrogen) atoms. The van der Waals surface area contributed by atoms with E-state index in [2.05, 4.69) is 5.32 Å². The molecule has 6 nitrogen and oxygen atoms in total. The number of carbonyl (C=O) groups is 2. The number of benzene rings is 2. The van der Waals surface area contributed by atoms with Crippen molar-refractivity contribution >= 4 is 28.5 Å². The normalized spacial score (nSPS) is 12.8. The Hall–Kier alpha value is -3.36. The van der Waals surface area contributed by atoms with Gasteiger partial charge < -0.3 is 9.73 Å². The van der Waals surface area contributed by atoms with E-state index in [-0.39, 0.29) is 16.9 Å². The molecule has 2 aromatic carbocycles. The van der Waals surface area contributed by atoms with Gasteiger partial charge in [0, 0.05) is 5.56 Å². The number of carbonyl (C=O) groups excluding carboxylic acids is 2. The Morgan fingerprint density at radius 2 is 1.82 bits per heavy atom. The van der Waals surface area contributed by atoms with Crippen molar-refractivity contribution in [1.82, 2.24) is 4.57 Å². The van der Waals surface area contributed by atoms with Crippen molar-refractivity contribution in [2.75, 3.05) is 5.32 Å². The van der Waals surface area contributed by atoms with Gasteiger partial charge in [0.1, 0.15) is 6.04 Å². The smallest absolute Gasteiger partial charge is 0.408 e. The van der Waals surface area contributed by atoms with Crippen LogP contribution in [0.15, 0.2) is 51.7 Å². The molecule has 3 rings (SSSR count). The van der Waals surface area contributed by atoms with Gasteiger partial charge >= 0.3 is 11.9 Å². The zero-order valence-corrected chi connectivity index (χ0v) is 14.8. The molecule has 1 amide bonds. The van der Waals surface area contributed by atoms with Crippen LogP contribution in [0.4, 0.5) is 18.9 Å². The molecular formula is C19H15F3N2O4. The summed E-state index contributed by atoms with van der Waals surface area (Å²) in [6.07, 6.45) is -4.64. The summed E-state index contributed by atoms with van der Waals surface area (Å²) in [4.78, 5) is 36.2. The minimum Gasteiger partial charge on any atom is -0.408 e. The number of ketones is 1. The van der Waals surface area contributed by atoms with Crippen LogP contribution in [0.25, 0.3) is 11.1 Å². The lowest BCUT2D eigenvalue weighted by Gasteiger charge is -2.17. The molecule has 1 N–H and O–H groups in total. The van der Waals surface area contributed by atoms with E-state index in [1.165, 1.54) is 44.2 Å². The van der Waals surface area contributed by atoms with Crippen LogP contribution in [-0.4, -0.2) is 16.3 Å². The van der Waals surface area contributed by atoms with Crippen molar-refractivity contribution in [2.45, 2.75) is 26.1 Å². The molecule has 1 atom stereocenters. The van der Waals surface area contributed by atoms with Gasteiger partial charge in [-0.25, -0.2) is 4.79 Å². The van der Waals surface area contributed by atoms with Gasteiger partial charge in [0.15, 0.2) is 11.4 Å². The Morgan fingerprint density at radius 1 is 1.14 bits per heavy atom. The fourth-order valence-corrected chi connectivity index (χ4v) is 2.82. The van der Waals surface area contributed by atoms with Gasteiger partial charge in [-0.15, -0.1) is 0 Å². The van der Waals surface area contributed by atoms with E-state index >= 15 is 0 Å². The molecule has 0 radical (unpaired) electrons. The van der Waals surface area contributed by atoms with Gasteiger partial charge in [-0.2, -0.15) is 13.2 Å². The van der Waals surface area contributed by atoms with Gasteiger partial charge in [-0.3, -0.25) is 14.2 Å². The summed E-state index contributed by atoms with van der Waals surface area (Å²) in [5.41, 5.74) is -0.725. The van der Waals surface area contributed by atoms with Crippen LogP contribution in [0.5, 0.6) is 0 Å². The molecule has 0 aliphatic heterocycles. The Kier molecular flexibility index (Phi) is 4.84. The van der Waals surface area contributed by atoms with Gasteiger partial charge in [0.05, 0.1) is 16.8 Å². The first kappa shape index (κ1) is 19.4. The van der Waals surface area contributed by atoms with E-state index in [0.29, 0.717) is 5.56 Å². The van der Waals surface area contributed by atoms with E-state index in [1.807, 2.05) is 0 Å². The van der Waals surface area contributed by atoms with Gasteiger partial charge in [0.25, 0.3) is 0 Å². The number of rotatable bonds is 4. The SMILES string of the molecule is CC(=O)c1ccc2c(c1)oc(=O)n2C(C)C(=O)Nc1ccccc1C(F)(F)F. The molecule has 0 spiro atoms. The summed E-state index contributed by atoms with van der Waals surface area (Å²) in [5, 5.41) is 2.21.